The van der Waals surface area contributed by atoms with Gasteiger partial charge in [-0.05, 0) is 23.8 Å². The third kappa shape index (κ3) is 3.38. The standard InChI is InChI=1S/C13H10N2O6S/c16-13(17)9-4-6-10(7-5-9)14-22(20,21)12-3-1-2-11(8-12)15(18)19/h1-8,14H,(H,16,17)/p-1. The Balaban J connectivity index is 2.29. The molecule has 1 N–H and O–H groups in total. The molecule has 9 heteroatoms. The van der Waals surface area contributed by atoms with E-state index in [1.54, 1.807) is 0 Å². The molecular formula is C13H9N2O6S-. The second-order valence-corrected chi connectivity index (χ2v) is 5.91. The van der Waals surface area contributed by atoms with Gasteiger partial charge in [0, 0.05) is 17.8 Å². The number of carbonyl (C=O) groups is 1. The van der Waals surface area contributed by atoms with Gasteiger partial charge >= 0.3 is 0 Å². The number of aromatic carboxylic acids is 1. The number of carboxylic acid groups (broad SMARTS) is 1. The van der Waals surface area contributed by atoms with Crippen LogP contribution >= 0.6 is 0 Å². The summed E-state index contributed by atoms with van der Waals surface area (Å²) in [5, 5.41) is 21.3. The first-order valence-corrected chi connectivity index (χ1v) is 7.36. The highest BCUT2D eigenvalue weighted by Gasteiger charge is 2.17. The van der Waals surface area contributed by atoms with E-state index in [9.17, 15) is 28.4 Å². The molecule has 0 unspecified atom stereocenters. The average molecular weight is 321 g/mol. The third-order valence-electron chi connectivity index (χ3n) is 2.71. The highest BCUT2D eigenvalue weighted by molar-refractivity contribution is 7.92. The number of sulfonamides is 1. The van der Waals surface area contributed by atoms with Crippen molar-refractivity contribution >= 4 is 27.4 Å². The molecule has 0 aliphatic carbocycles. The first kappa shape index (κ1) is 15.4. The number of nitro groups is 1. The Kier molecular flexibility index (Phi) is 4.08. The third-order valence-corrected chi connectivity index (χ3v) is 4.09. The Morgan fingerprint density at radius 2 is 1.73 bits per heavy atom. The lowest BCUT2D eigenvalue weighted by Crippen LogP contribution is -2.22. The number of non-ortho nitro benzene ring substituents is 1. The molecule has 0 aromatic heterocycles. The van der Waals surface area contributed by atoms with Gasteiger partial charge in [-0.15, -0.1) is 0 Å². The number of carboxylic acids is 1. The van der Waals surface area contributed by atoms with Crippen molar-refractivity contribution < 1.29 is 23.2 Å². The zero-order valence-corrected chi connectivity index (χ0v) is 11.7. The van der Waals surface area contributed by atoms with Gasteiger partial charge in [0.05, 0.1) is 15.8 Å². The summed E-state index contributed by atoms with van der Waals surface area (Å²) in [5.41, 5.74) is -0.329. The molecule has 8 nitrogen and oxygen atoms in total. The summed E-state index contributed by atoms with van der Waals surface area (Å²) in [7, 11) is -4.02. The van der Waals surface area contributed by atoms with Gasteiger partial charge in [0.25, 0.3) is 15.7 Å². The monoisotopic (exact) mass is 321 g/mol. The second-order valence-electron chi connectivity index (χ2n) is 4.22. The normalized spacial score (nSPS) is 10.9. The number of benzene rings is 2. The molecule has 0 aliphatic rings. The largest absolute Gasteiger partial charge is 0.545 e. The molecule has 0 heterocycles. The zero-order valence-electron chi connectivity index (χ0n) is 10.9. The molecule has 0 fully saturated rings. The maximum absolute atomic E-state index is 12.1. The molecule has 0 amide bonds. The van der Waals surface area contributed by atoms with Crippen molar-refractivity contribution in [2.75, 3.05) is 4.72 Å². The maximum atomic E-state index is 12.1. The fourth-order valence-electron chi connectivity index (χ4n) is 1.65. The molecule has 0 saturated carbocycles. The minimum atomic E-state index is -4.02. The molecule has 0 aliphatic heterocycles. The van der Waals surface area contributed by atoms with E-state index in [1.807, 2.05) is 0 Å². The van der Waals surface area contributed by atoms with E-state index in [0.29, 0.717) is 0 Å². The Bertz CT molecular complexity index is 830. The predicted octanol–water partition coefficient (Wildman–Crippen LogP) is 0.759. The molecule has 0 bridgehead atoms. The second kappa shape index (κ2) is 5.82. The first-order valence-electron chi connectivity index (χ1n) is 5.88. The van der Waals surface area contributed by atoms with Crippen molar-refractivity contribution in [1.29, 1.82) is 0 Å². The van der Waals surface area contributed by atoms with E-state index in [4.69, 9.17) is 0 Å². The molecule has 0 saturated heterocycles. The number of nitrogens with zero attached hydrogens (tertiary/aromatic N) is 1. The summed E-state index contributed by atoms with van der Waals surface area (Å²) in [6.45, 7) is 0. The number of hydrogen-bond acceptors (Lipinski definition) is 6. The molecule has 0 atom stereocenters. The zero-order chi connectivity index (χ0) is 16.3. The molecule has 0 radical (unpaired) electrons. The maximum Gasteiger partial charge on any atom is 0.270 e. The van der Waals surface area contributed by atoms with Crippen LogP contribution in [0.15, 0.2) is 53.4 Å². The molecule has 2 rings (SSSR count). The molecule has 0 spiro atoms. The van der Waals surface area contributed by atoms with Crippen LogP contribution in [0.4, 0.5) is 11.4 Å². The average Bonchev–Trinajstić information content (AvgIpc) is 2.47. The van der Waals surface area contributed by atoms with Crippen molar-refractivity contribution in [3.05, 3.63) is 64.2 Å². The predicted molar refractivity (Wildman–Crippen MR) is 74.7 cm³/mol. The summed E-state index contributed by atoms with van der Waals surface area (Å²) < 4.78 is 26.5. The van der Waals surface area contributed by atoms with Crippen molar-refractivity contribution in [1.82, 2.24) is 0 Å². The molecule has 114 valence electrons. The van der Waals surface area contributed by atoms with Crippen molar-refractivity contribution in [3.63, 3.8) is 0 Å². The van der Waals surface area contributed by atoms with Crippen LogP contribution in [0.2, 0.25) is 0 Å². The Labute approximate surface area is 125 Å². The van der Waals surface area contributed by atoms with E-state index in [2.05, 4.69) is 4.72 Å². The van der Waals surface area contributed by atoms with Crippen molar-refractivity contribution in [3.8, 4) is 0 Å². The number of anilines is 1. The summed E-state index contributed by atoms with van der Waals surface area (Å²) in [4.78, 5) is 20.3. The SMILES string of the molecule is O=C([O-])c1ccc(NS(=O)(=O)c2cccc([N+](=O)[O-])c2)cc1. The summed E-state index contributed by atoms with van der Waals surface area (Å²) in [6.07, 6.45) is 0. The Morgan fingerprint density at radius 3 is 2.27 bits per heavy atom. The Morgan fingerprint density at radius 1 is 1.09 bits per heavy atom. The number of rotatable bonds is 5. The minimum absolute atomic E-state index is 0.0988. The number of nitro benzene ring substituents is 1. The van der Waals surface area contributed by atoms with E-state index in [1.165, 1.54) is 42.5 Å². The summed E-state index contributed by atoms with van der Waals surface area (Å²) >= 11 is 0. The molecule has 2 aromatic carbocycles. The fraction of sp³-hybridized carbons (Fsp3) is 0. The van der Waals surface area contributed by atoms with E-state index >= 15 is 0 Å². The van der Waals surface area contributed by atoms with Gasteiger partial charge in [-0.2, -0.15) is 0 Å². The first-order chi connectivity index (χ1) is 10.3. The highest BCUT2D eigenvalue weighted by atomic mass is 32.2. The fourth-order valence-corrected chi connectivity index (χ4v) is 2.75. The quantitative estimate of drug-likeness (QED) is 0.639. The topological polar surface area (TPSA) is 129 Å². The van der Waals surface area contributed by atoms with Crippen LogP contribution < -0.4 is 9.83 Å². The number of nitrogens with one attached hydrogen (secondary N) is 1. The van der Waals surface area contributed by atoms with Gasteiger partial charge in [-0.1, -0.05) is 18.2 Å². The number of carbonyl (C=O) groups excluding carboxylic acids is 1. The van der Waals surface area contributed by atoms with E-state index in [-0.39, 0.29) is 21.8 Å². The van der Waals surface area contributed by atoms with Gasteiger partial charge < -0.3 is 9.90 Å². The molecule has 22 heavy (non-hydrogen) atoms. The molecular weight excluding hydrogens is 312 g/mol. The van der Waals surface area contributed by atoms with Crippen LogP contribution in [0, 0.1) is 10.1 Å². The van der Waals surface area contributed by atoms with Crippen LogP contribution in [-0.2, 0) is 10.0 Å². The van der Waals surface area contributed by atoms with Crippen LogP contribution in [0.1, 0.15) is 10.4 Å². The lowest BCUT2D eigenvalue weighted by atomic mass is 10.2. The van der Waals surface area contributed by atoms with Crippen LogP contribution in [0.3, 0.4) is 0 Å². The van der Waals surface area contributed by atoms with Gasteiger partial charge in [-0.3, -0.25) is 14.8 Å². The smallest absolute Gasteiger partial charge is 0.270 e. The van der Waals surface area contributed by atoms with E-state index < -0.39 is 20.9 Å². The Hall–Kier alpha value is -2.94. The lowest BCUT2D eigenvalue weighted by Gasteiger charge is -2.09. The van der Waals surface area contributed by atoms with Crippen LogP contribution in [-0.4, -0.2) is 19.3 Å². The van der Waals surface area contributed by atoms with Crippen molar-refractivity contribution in [2.45, 2.75) is 4.90 Å². The van der Waals surface area contributed by atoms with Crippen LogP contribution in [0.5, 0.6) is 0 Å². The van der Waals surface area contributed by atoms with Gasteiger partial charge in [0.15, 0.2) is 0 Å². The van der Waals surface area contributed by atoms with E-state index in [0.717, 1.165) is 6.07 Å². The highest BCUT2D eigenvalue weighted by Crippen LogP contribution is 2.20. The van der Waals surface area contributed by atoms with Gasteiger partial charge in [0.2, 0.25) is 0 Å². The molecule has 2 aromatic rings. The lowest BCUT2D eigenvalue weighted by molar-refractivity contribution is -0.385. The minimum Gasteiger partial charge on any atom is -0.545 e. The van der Waals surface area contributed by atoms with Crippen molar-refractivity contribution in [2.24, 2.45) is 0 Å². The van der Waals surface area contributed by atoms with Gasteiger partial charge in [-0.25, -0.2) is 8.42 Å². The number of hydrogen-bond donors (Lipinski definition) is 1. The van der Waals surface area contributed by atoms with Crippen LogP contribution in [0.25, 0.3) is 0 Å². The van der Waals surface area contributed by atoms with Gasteiger partial charge in [0.1, 0.15) is 0 Å². The summed E-state index contributed by atoms with van der Waals surface area (Å²) in [5.74, 6) is -1.38. The summed E-state index contributed by atoms with van der Waals surface area (Å²) in [6, 6.07) is 9.43.